The molecule has 0 bridgehead atoms. The molecule has 1 aromatic carbocycles. The Kier molecular flexibility index (Phi) is 4.00. The highest BCUT2D eigenvalue weighted by atomic mass is 32.2. The van der Waals surface area contributed by atoms with E-state index in [-0.39, 0.29) is 10.6 Å². The van der Waals surface area contributed by atoms with Gasteiger partial charge in [0, 0.05) is 0 Å². The van der Waals surface area contributed by atoms with Crippen molar-refractivity contribution in [2.24, 2.45) is 4.58 Å². The molecular formula is C10H13NO4S. The average Bonchev–Trinajstić information content (AvgIpc) is 2.29. The van der Waals surface area contributed by atoms with Gasteiger partial charge < -0.3 is 4.74 Å². The number of para-hydroxylation sites is 1. The molecule has 0 spiro atoms. The zero-order valence-corrected chi connectivity index (χ0v) is 9.95. The molecule has 88 valence electrons. The van der Waals surface area contributed by atoms with Crippen molar-refractivity contribution in [2.75, 3.05) is 6.61 Å². The maximum atomic E-state index is 11.4. The first-order valence-electron chi connectivity index (χ1n) is 4.91. The number of hydrogen-bond acceptors (Lipinski definition) is 4. The van der Waals surface area contributed by atoms with Crippen molar-refractivity contribution in [2.45, 2.75) is 25.2 Å². The maximum Gasteiger partial charge on any atom is 0.320 e. The number of sulfonamides is 1. The third-order valence-electron chi connectivity index (χ3n) is 2.11. The Labute approximate surface area is 94.5 Å². The second-order valence-electron chi connectivity index (χ2n) is 3.08. The molecule has 1 rings (SSSR count). The summed E-state index contributed by atoms with van der Waals surface area (Å²) in [6.45, 7) is 3.96. The molecule has 0 unspecified atom stereocenters. The summed E-state index contributed by atoms with van der Waals surface area (Å²) in [5.74, 6) is 0.229. The van der Waals surface area contributed by atoms with E-state index in [1.54, 1.807) is 19.1 Å². The lowest BCUT2D eigenvalue weighted by atomic mass is 10.1. The Morgan fingerprint density at radius 1 is 1.31 bits per heavy atom. The van der Waals surface area contributed by atoms with Crippen molar-refractivity contribution in [1.29, 1.82) is 0 Å². The highest BCUT2D eigenvalue weighted by Gasteiger charge is 2.21. The van der Waals surface area contributed by atoms with Crippen molar-refractivity contribution in [3.05, 3.63) is 28.7 Å². The van der Waals surface area contributed by atoms with Gasteiger partial charge in [-0.2, -0.15) is 8.42 Å². The third kappa shape index (κ3) is 2.38. The second kappa shape index (κ2) is 5.07. The molecule has 16 heavy (non-hydrogen) atoms. The zero-order valence-electron chi connectivity index (χ0n) is 9.13. The monoisotopic (exact) mass is 243 g/mol. The first-order chi connectivity index (χ1) is 7.56. The Morgan fingerprint density at radius 2 is 2.00 bits per heavy atom. The van der Waals surface area contributed by atoms with E-state index in [0.717, 1.165) is 5.56 Å². The fourth-order valence-electron chi connectivity index (χ4n) is 1.39. The summed E-state index contributed by atoms with van der Waals surface area (Å²) in [6.07, 6.45) is 0.623. The van der Waals surface area contributed by atoms with Gasteiger partial charge in [-0.15, -0.1) is 4.91 Å². The van der Waals surface area contributed by atoms with Crippen molar-refractivity contribution in [3.63, 3.8) is 0 Å². The van der Waals surface area contributed by atoms with Crippen LogP contribution in [0.1, 0.15) is 19.4 Å². The summed E-state index contributed by atoms with van der Waals surface area (Å²) in [5.41, 5.74) is 0.742. The van der Waals surface area contributed by atoms with Crippen LogP contribution in [-0.2, 0) is 16.4 Å². The normalized spacial score (nSPS) is 11.1. The van der Waals surface area contributed by atoms with Crippen molar-refractivity contribution < 1.29 is 13.2 Å². The topological polar surface area (TPSA) is 72.8 Å². The molecular weight excluding hydrogens is 230 g/mol. The van der Waals surface area contributed by atoms with Crippen LogP contribution < -0.4 is 4.74 Å². The Bertz CT molecular complexity index is 482. The fourth-order valence-corrected chi connectivity index (χ4v) is 2.15. The van der Waals surface area contributed by atoms with E-state index in [1.807, 2.05) is 6.92 Å². The van der Waals surface area contributed by atoms with Crippen LogP contribution in [0.3, 0.4) is 0 Å². The Morgan fingerprint density at radius 3 is 2.50 bits per heavy atom. The molecule has 0 atom stereocenters. The summed E-state index contributed by atoms with van der Waals surface area (Å²) >= 11 is 0. The number of rotatable bonds is 5. The minimum absolute atomic E-state index is 0.163. The number of nitrogens with zero attached hydrogens (tertiary/aromatic N) is 1. The number of aryl methyl sites for hydroxylation is 1. The summed E-state index contributed by atoms with van der Waals surface area (Å²) in [4.78, 5) is 10.1. The van der Waals surface area contributed by atoms with Gasteiger partial charge in [-0.3, -0.25) is 0 Å². The molecule has 0 heterocycles. The van der Waals surface area contributed by atoms with Gasteiger partial charge in [0.15, 0.2) is 0 Å². The Hall–Kier alpha value is -1.43. The molecule has 0 aliphatic carbocycles. The molecule has 0 aliphatic rings. The molecule has 0 saturated carbocycles. The van der Waals surface area contributed by atoms with E-state index in [4.69, 9.17) is 4.74 Å². The summed E-state index contributed by atoms with van der Waals surface area (Å²) < 4.78 is 30.2. The molecule has 0 amide bonds. The highest BCUT2D eigenvalue weighted by Crippen LogP contribution is 2.29. The molecule has 0 fully saturated rings. The second-order valence-corrected chi connectivity index (χ2v) is 4.62. The summed E-state index contributed by atoms with van der Waals surface area (Å²) in [5, 5.41) is 0. The van der Waals surface area contributed by atoms with Crippen molar-refractivity contribution >= 4 is 10.0 Å². The summed E-state index contributed by atoms with van der Waals surface area (Å²) in [7, 11) is -4.14. The van der Waals surface area contributed by atoms with Crippen molar-refractivity contribution in [1.82, 2.24) is 0 Å². The lowest BCUT2D eigenvalue weighted by Crippen LogP contribution is -2.04. The lowest BCUT2D eigenvalue weighted by Gasteiger charge is -2.11. The minimum atomic E-state index is -4.14. The van der Waals surface area contributed by atoms with Gasteiger partial charge in [-0.1, -0.05) is 19.1 Å². The van der Waals surface area contributed by atoms with Gasteiger partial charge in [-0.25, -0.2) is 0 Å². The van der Waals surface area contributed by atoms with Crippen molar-refractivity contribution in [3.8, 4) is 5.75 Å². The lowest BCUT2D eigenvalue weighted by molar-refractivity contribution is 0.327. The van der Waals surface area contributed by atoms with Crippen LogP contribution in [0, 0.1) is 4.91 Å². The van der Waals surface area contributed by atoms with Crippen LogP contribution in [0.25, 0.3) is 0 Å². The molecule has 0 radical (unpaired) electrons. The van der Waals surface area contributed by atoms with Crippen LogP contribution in [0.15, 0.2) is 27.7 Å². The standard InChI is InChI=1S/C10H13NO4S/c1-3-8-6-5-7-9(10(8)15-4-2)16(13,14)11-12/h5-7H,3-4H2,1-2H3. The van der Waals surface area contributed by atoms with Gasteiger partial charge >= 0.3 is 10.0 Å². The Balaban J connectivity index is 3.44. The largest absolute Gasteiger partial charge is 0.492 e. The van der Waals surface area contributed by atoms with Gasteiger partial charge in [-0.05, 0) is 25.0 Å². The van der Waals surface area contributed by atoms with Gasteiger partial charge in [0.25, 0.3) is 0 Å². The smallest absolute Gasteiger partial charge is 0.320 e. The molecule has 0 N–H and O–H groups in total. The van der Waals surface area contributed by atoms with E-state index in [9.17, 15) is 13.3 Å². The molecule has 0 aromatic heterocycles. The number of benzene rings is 1. The predicted octanol–water partition coefficient (Wildman–Crippen LogP) is 2.10. The van der Waals surface area contributed by atoms with Crippen LogP contribution in [0.4, 0.5) is 0 Å². The van der Waals surface area contributed by atoms with E-state index in [0.29, 0.717) is 13.0 Å². The van der Waals surface area contributed by atoms with Crippen LogP contribution in [0.5, 0.6) is 5.75 Å². The molecule has 0 aliphatic heterocycles. The average molecular weight is 243 g/mol. The van der Waals surface area contributed by atoms with E-state index < -0.39 is 10.0 Å². The first kappa shape index (κ1) is 12.6. The number of hydrogen-bond donors (Lipinski definition) is 0. The van der Waals surface area contributed by atoms with Gasteiger partial charge in [0.05, 0.1) is 11.2 Å². The minimum Gasteiger partial charge on any atom is -0.492 e. The summed E-state index contributed by atoms with van der Waals surface area (Å²) in [6, 6.07) is 4.65. The van der Waals surface area contributed by atoms with Crippen LogP contribution >= 0.6 is 0 Å². The molecule has 5 nitrogen and oxygen atoms in total. The quantitative estimate of drug-likeness (QED) is 0.742. The number of nitroso groups, excluding NO2 is 1. The highest BCUT2D eigenvalue weighted by molar-refractivity contribution is 7.90. The zero-order chi connectivity index (χ0) is 12.2. The van der Waals surface area contributed by atoms with Crippen LogP contribution in [-0.4, -0.2) is 15.0 Å². The first-order valence-corrected chi connectivity index (χ1v) is 6.35. The predicted molar refractivity (Wildman–Crippen MR) is 60.0 cm³/mol. The van der Waals surface area contributed by atoms with E-state index >= 15 is 0 Å². The third-order valence-corrected chi connectivity index (χ3v) is 3.18. The maximum absolute atomic E-state index is 11.4. The van der Waals surface area contributed by atoms with Crippen LogP contribution in [0.2, 0.25) is 0 Å². The SMILES string of the molecule is CCOc1c(CC)cccc1S(=O)(=O)N=O. The fraction of sp³-hybridized carbons (Fsp3) is 0.400. The number of ether oxygens (including phenoxy) is 1. The van der Waals surface area contributed by atoms with E-state index in [1.165, 1.54) is 6.07 Å². The van der Waals surface area contributed by atoms with Gasteiger partial charge in [0.2, 0.25) is 0 Å². The molecule has 0 saturated heterocycles. The molecule has 1 aromatic rings. The van der Waals surface area contributed by atoms with E-state index in [2.05, 4.69) is 4.58 Å². The van der Waals surface area contributed by atoms with Gasteiger partial charge in [0.1, 0.15) is 10.6 Å². The molecule has 6 heteroatoms.